The summed E-state index contributed by atoms with van der Waals surface area (Å²) in [4.78, 5) is 0. The maximum Gasteiger partial charge on any atom is 0.193 e. The van der Waals surface area contributed by atoms with Crippen molar-refractivity contribution in [3.05, 3.63) is 60.7 Å². The van der Waals surface area contributed by atoms with E-state index in [-0.39, 0.29) is 0 Å². The molecular formula is C12H12BOP. The minimum Gasteiger partial charge on any atom is -0.325 e. The van der Waals surface area contributed by atoms with Crippen molar-refractivity contribution in [2.75, 3.05) is 0 Å². The van der Waals surface area contributed by atoms with Gasteiger partial charge in [0.15, 0.2) is 7.57 Å². The van der Waals surface area contributed by atoms with Gasteiger partial charge in [-0.25, -0.2) is 0 Å². The Balaban J connectivity index is 2.50. The van der Waals surface area contributed by atoms with Crippen molar-refractivity contribution in [2.24, 2.45) is 0 Å². The molecule has 0 unspecified atom stereocenters. The van der Waals surface area contributed by atoms with Crippen molar-refractivity contribution < 1.29 is 4.57 Å². The Kier molecular flexibility index (Phi) is 2.79. The smallest absolute Gasteiger partial charge is 0.193 e. The first-order valence-corrected chi connectivity index (χ1v) is 7.05. The van der Waals surface area contributed by atoms with Crippen LogP contribution in [0.15, 0.2) is 60.7 Å². The van der Waals surface area contributed by atoms with Gasteiger partial charge in [-0.3, -0.25) is 0 Å². The first-order valence-electron chi connectivity index (χ1n) is 4.90. The first kappa shape index (κ1) is 10.3. The van der Waals surface area contributed by atoms with Gasteiger partial charge in [-0.05, 0) is 0 Å². The van der Waals surface area contributed by atoms with Crippen LogP contribution in [0.4, 0.5) is 0 Å². The molecule has 15 heavy (non-hydrogen) atoms. The van der Waals surface area contributed by atoms with Crippen molar-refractivity contribution in [3.63, 3.8) is 0 Å². The molecule has 0 N–H and O–H groups in total. The summed E-state index contributed by atoms with van der Waals surface area (Å²) in [5, 5.41) is 1.83. The summed E-state index contributed by atoms with van der Waals surface area (Å²) in [7, 11) is -0.580. The predicted octanol–water partition coefficient (Wildman–Crippen LogP) is 1.55. The summed E-state index contributed by atoms with van der Waals surface area (Å²) in [6, 6.07) is 19.3. The number of hydrogen-bond acceptors (Lipinski definition) is 1. The van der Waals surface area contributed by atoms with Gasteiger partial charge in [0.05, 0.1) is 7.02 Å². The minimum absolute atomic E-state index is 0.913. The van der Waals surface area contributed by atoms with Gasteiger partial charge < -0.3 is 4.57 Å². The van der Waals surface area contributed by atoms with E-state index in [9.17, 15) is 4.57 Å². The van der Waals surface area contributed by atoms with Crippen LogP contribution in [0.1, 0.15) is 0 Å². The largest absolute Gasteiger partial charge is 0.325 e. The third kappa shape index (κ3) is 2.05. The lowest BCUT2D eigenvalue weighted by molar-refractivity contribution is 0.595. The highest BCUT2D eigenvalue weighted by atomic mass is 31.2. The van der Waals surface area contributed by atoms with Gasteiger partial charge in [0.25, 0.3) is 0 Å². The van der Waals surface area contributed by atoms with Crippen LogP contribution in [-0.2, 0) is 4.57 Å². The van der Waals surface area contributed by atoms with E-state index in [2.05, 4.69) is 0 Å². The zero-order valence-corrected chi connectivity index (χ0v) is 9.52. The molecule has 2 rings (SSSR count). The molecule has 2 aromatic rings. The van der Waals surface area contributed by atoms with E-state index < -0.39 is 7.02 Å². The molecule has 0 heterocycles. The highest BCUT2D eigenvalue weighted by Gasteiger charge is 2.19. The normalized spacial score (nSPS) is 11.2. The van der Waals surface area contributed by atoms with Crippen LogP contribution >= 0.6 is 7.02 Å². The Morgan fingerprint density at radius 3 is 1.40 bits per heavy atom. The number of benzene rings is 2. The van der Waals surface area contributed by atoms with Crippen LogP contribution in [0.3, 0.4) is 0 Å². The summed E-state index contributed by atoms with van der Waals surface area (Å²) in [6.07, 6.45) is 0. The second-order valence-corrected chi connectivity index (χ2v) is 6.48. The van der Waals surface area contributed by atoms with Crippen molar-refractivity contribution >= 4 is 25.2 Å². The van der Waals surface area contributed by atoms with Gasteiger partial charge in [-0.1, -0.05) is 60.7 Å². The van der Waals surface area contributed by atoms with Crippen LogP contribution < -0.4 is 10.6 Å². The summed E-state index contributed by atoms with van der Waals surface area (Å²) in [6.45, 7) is 0. The molecule has 2 aromatic carbocycles. The zero-order valence-electron chi connectivity index (χ0n) is 8.63. The first-order chi connectivity index (χ1) is 7.21. The van der Waals surface area contributed by atoms with Crippen molar-refractivity contribution in [1.29, 1.82) is 0 Å². The fraction of sp³-hybridized carbons (Fsp3) is 0. The Bertz CT molecular complexity index is 438. The van der Waals surface area contributed by atoms with E-state index in [1.807, 2.05) is 68.2 Å². The van der Waals surface area contributed by atoms with E-state index in [4.69, 9.17) is 0 Å². The van der Waals surface area contributed by atoms with Gasteiger partial charge in [-0.15, -0.1) is 0 Å². The molecule has 0 fully saturated rings. The molecule has 0 aliphatic rings. The molecule has 0 aromatic heterocycles. The van der Waals surface area contributed by atoms with E-state index in [1.165, 1.54) is 0 Å². The minimum atomic E-state index is -2.40. The van der Waals surface area contributed by atoms with Crippen molar-refractivity contribution in [3.8, 4) is 0 Å². The van der Waals surface area contributed by atoms with Crippen LogP contribution in [0.5, 0.6) is 0 Å². The van der Waals surface area contributed by atoms with Gasteiger partial charge in [0, 0.05) is 10.6 Å². The van der Waals surface area contributed by atoms with Crippen LogP contribution in [0.25, 0.3) is 0 Å². The average molecular weight is 214 g/mol. The Morgan fingerprint density at radius 2 is 1.07 bits per heavy atom. The molecule has 0 aliphatic carbocycles. The van der Waals surface area contributed by atoms with Crippen LogP contribution in [0, 0.1) is 0 Å². The molecule has 0 saturated heterocycles. The molecule has 0 spiro atoms. The standard InChI is InChI=1S/C12H12BOP/c13-15(14,11-7-3-1-4-8-11)12-9-5-2-6-10-12/h1-10H,13H2. The lowest BCUT2D eigenvalue weighted by Gasteiger charge is -2.13. The third-order valence-corrected chi connectivity index (χ3v) is 5.06. The van der Waals surface area contributed by atoms with E-state index in [0.29, 0.717) is 0 Å². The highest BCUT2D eigenvalue weighted by molar-refractivity contribution is 7.99. The highest BCUT2D eigenvalue weighted by Crippen LogP contribution is 2.36. The second-order valence-electron chi connectivity index (χ2n) is 3.60. The van der Waals surface area contributed by atoms with Crippen molar-refractivity contribution in [1.82, 2.24) is 0 Å². The Morgan fingerprint density at radius 1 is 0.733 bits per heavy atom. The fourth-order valence-corrected chi connectivity index (χ4v) is 3.35. The fourth-order valence-electron chi connectivity index (χ4n) is 1.57. The molecule has 3 heteroatoms. The zero-order chi connectivity index (χ0) is 10.7. The molecule has 0 saturated carbocycles. The number of rotatable bonds is 2. The second kappa shape index (κ2) is 4.08. The predicted molar refractivity (Wildman–Crippen MR) is 68.3 cm³/mol. The molecule has 1 nitrogen and oxygen atoms in total. The average Bonchev–Trinajstić information content (AvgIpc) is 2.31. The topological polar surface area (TPSA) is 17.1 Å². The third-order valence-electron chi connectivity index (χ3n) is 2.50. The number of hydrogen-bond donors (Lipinski definition) is 0. The van der Waals surface area contributed by atoms with Crippen LogP contribution in [0.2, 0.25) is 0 Å². The molecule has 0 amide bonds. The van der Waals surface area contributed by atoms with E-state index in [0.717, 1.165) is 10.6 Å². The van der Waals surface area contributed by atoms with Gasteiger partial charge in [0.2, 0.25) is 0 Å². The van der Waals surface area contributed by atoms with Gasteiger partial charge in [-0.2, -0.15) is 0 Å². The van der Waals surface area contributed by atoms with Crippen molar-refractivity contribution in [2.45, 2.75) is 0 Å². The van der Waals surface area contributed by atoms with E-state index in [1.54, 1.807) is 0 Å². The Labute approximate surface area is 90.9 Å². The maximum absolute atomic E-state index is 12.6. The lowest BCUT2D eigenvalue weighted by Crippen LogP contribution is -2.15. The van der Waals surface area contributed by atoms with E-state index >= 15 is 0 Å². The van der Waals surface area contributed by atoms with Crippen LogP contribution in [-0.4, -0.2) is 7.57 Å². The SMILES string of the molecule is BP(=O)(c1ccccc1)c1ccccc1. The molecule has 0 atom stereocenters. The van der Waals surface area contributed by atoms with Gasteiger partial charge >= 0.3 is 0 Å². The quantitative estimate of drug-likeness (QED) is 0.547. The molecule has 74 valence electrons. The summed E-state index contributed by atoms with van der Waals surface area (Å²) < 4.78 is 12.6. The molecule has 0 aliphatic heterocycles. The molecule has 0 bridgehead atoms. The maximum atomic E-state index is 12.6. The van der Waals surface area contributed by atoms with Gasteiger partial charge in [0.1, 0.15) is 0 Å². The summed E-state index contributed by atoms with van der Waals surface area (Å²) in [5.41, 5.74) is 0. The Hall–Kier alpha value is -1.27. The summed E-state index contributed by atoms with van der Waals surface area (Å²) >= 11 is 0. The lowest BCUT2D eigenvalue weighted by atomic mass is 10.4. The molecule has 0 radical (unpaired) electrons. The summed E-state index contributed by atoms with van der Waals surface area (Å²) in [5.74, 6) is 0. The molecular weight excluding hydrogens is 202 g/mol. The monoisotopic (exact) mass is 214 g/mol.